The quantitative estimate of drug-likeness (QED) is 0.151. The van der Waals surface area contributed by atoms with E-state index in [4.69, 9.17) is 18.9 Å². The van der Waals surface area contributed by atoms with Gasteiger partial charge in [-0.15, -0.1) is 0 Å². The fourth-order valence-corrected chi connectivity index (χ4v) is 5.65. The van der Waals surface area contributed by atoms with Crippen LogP contribution in [0.1, 0.15) is 91.4 Å². The summed E-state index contributed by atoms with van der Waals surface area (Å²) in [5, 5.41) is 0. The summed E-state index contributed by atoms with van der Waals surface area (Å²) in [6.07, 6.45) is 11.1. The van der Waals surface area contributed by atoms with Crippen LogP contribution in [0.2, 0.25) is 0 Å². The summed E-state index contributed by atoms with van der Waals surface area (Å²) in [6, 6.07) is 0. The van der Waals surface area contributed by atoms with Gasteiger partial charge in [-0.25, -0.2) is 0 Å². The molecule has 3 aliphatic rings. The van der Waals surface area contributed by atoms with Crippen molar-refractivity contribution >= 4 is 11.9 Å². The van der Waals surface area contributed by atoms with Crippen LogP contribution in [0.15, 0.2) is 11.6 Å². The molecule has 0 N–H and O–H groups in total. The van der Waals surface area contributed by atoms with E-state index in [9.17, 15) is 9.59 Å². The van der Waals surface area contributed by atoms with Gasteiger partial charge in [0.1, 0.15) is 23.4 Å². The van der Waals surface area contributed by atoms with E-state index >= 15 is 0 Å². The predicted octanol–water partition coefficient (Wildman–Crippen LogP) is 4.90. The highest BCUT2D eigenvalue weighted by Crippen LogP contribution is 2.59. The zero-order valence-corrected chi connectivity index (χ0v) is 21.7. The van der Waals surface area contributed by atoms with Gasteiger partial charge in [0.2, 0.25) is 0 Å². The second-order valence-corrected chi connectivity index (χ2v) is 10.6. The number of hydrogen-bond donors (Lipinski definition) is 0. The normalized spacial score (nSPS) is 33.9. The van der Waals surface area contributed by atoms with E-state index in [0.717, 1.165) is 64.4 Å². The number of carbonyl (C=O) groups is 2. The van der Waals surface area contributed by atoms with Crippen LogP contribution >= 0.6 is 0 Å². The summed E-state index contributed by atoms with van der Waals surface area (Å²) < 4.78 is 28.8. The molecule has 0 bridgehead atoms. The fourth-order valence-electron chi connectivity index (χ4n) is 5.65. The highest BCUT2D eigenvalue weighted by Gasteiger charge is 2.72. The highest BCUT2D eigenvalue weighted by molar-refractivity contribution is 5.69. The van der Waals surface area contributed by atoms with Gasteiger partial charge in [0.15, 0.2) is 0 Å². The Bertz CT molecular complexity index is 724. The molecule has 3 fully saturated rings. The summed E-state index contributed by atoms with van der Waals surface area (Å²) in [7, 11) is 3.13. The lowest BCUT2D eigenvalue weighted by Gasteiger charge is -2.42. The summed E-state index contributed by atoms with van der Waals surface area (Å²) >= 11 is 0. The van der Waals surface area contributed by atoms with Crippen LogP contribution in [0.5, 0.6) is 0 Å². The van der Waals surface area contributed by atoms with Gasteiger partial charge < -0.3 is 23.7 Å². The third-order valence-corrected chi connectivity index (χ3v) is 7.76. The average molecular weight is 481 g/mol. The summed E-state index contributed by atoms with van der Waals surface area (Å²) in [5.41, 5.74) is 0.767. The number of epoxide rings is 2. The van der Waals surface area contributed by atoms with Crippen molar-refractivity contribution in [1.29, 1.82) is 0 Å². The van der Waals surface area contributed by atoms with Crippen molar-refractivity contribution in [2.45, 2.75) is 121 Å². The van der Waals surface area contributed by atoms with E-state index in [1.54, 1.807) is 7.11 Å². The summed E-state index contributed by atoms with van der Waals surface area (Å²) in [4.78, 5) is 23.7. The molecular formula is C27H44O7. The second-order valence-electron chi connectivity index (χ2n) is 10.6. The molecule has 0 aromatic rings. The lowest BCUT2D eigenvalue weighted by atomic mass is 9.68. The maximum Gasteiger partial charge on any atom is 0.306 e. The molecule has 0 radical (unpaired) electrons. The summed E-state index contributed by atoms with van der Waals surface area (Å²) in [5.74, 6) is -0.240. The number of unbranched alkanes of at least 4 members (excludes halogenated alkanes) is 5. The lowest BCUT2D eigenvalue weighted by Crippen LogP contribution is -2.55. The zero-order valence-electron chi connectivity index (χ0n) is 21.7. The molecule has 1 unspecified atom stereocenters. The average Bonchev–Trinajstić information content (AvgIpc) is 3.72. The molecule has 7 nitrogen and oxygen atoms in total. The minimum absolute atomic E-state index is 0.0529. The van der Waals surface area contributed by atoms with Crippen LogP contribution in [0.3, 0.4) is 0 Å². The molecule has 1 saturated carbocycles. The van der Waals surface area contributed by atoms with Crippen molar-refractivity contribution in [3.63, 3.8) is 0 Å². The van der Waals surface area contributed by atoms with Crippen LogP contribution < -0.4 is 0 Å². The smallest absolute Gasteiger partial charge is 0.306 e. The van der Waals surface area contributed by atoms with Crippen molar-refractivity contribution in [2.24, 2.45) is 5.92 Å². The van der Waals surface area contributed by atoms with Gasteiger partial charge in [0.25, 0.3) is 0 Å². The Morgan fingerprint density at radius 3 is 2.18 bits per heavy atom. The number of carbonyl (C=O) groups excluding carboxylic acids is 2. The molecule has 34 heavy (non-hydrogen) atoms. The van der Waals surface area contributed by atoms with Crippen molar-refractivity contribution in [1.82, 2.24) is 0 Å². The van der Waals surface area contributed by atoms with Crippen LogP contribution in [-0.2, 0) is 33.3 Å². The van der Waals surface area contributed by atoms with Crippen LogP contribution in [0, 0.1) is 5.92 Å². The van der Waals surface area contributed by atoms with E-state index in [1.165, 1.54) is 12.7 Å². The topological polar surface area (TPSA) is 86.9 Å². The number of allylic oxidation sites excluding steroid dienone is 1. The van der Waals surface area contributed by atoms with E-state index < -0.39 is 0 Å². The first-order chi connectivity index (χ1) is 16.3. The molecule has 1 spiro atoms. The maximum atomic E-state index is 12.6. The molecule has 2 heterocycles. The minimum Gasteiger partial charge on any atom is -0.469 e. The Labute approximate surface area is 204 Å². The van der Waals surface area contributed by atoms with Crippen molar-refractivity contribution in [3.05, 3.63) is 11.6 Å². The number of methoxy groups -OCH3 is 2. The first-order valence-corrected chi connectivity index (χ1v) is 13.0. The zero-order chi connectivity index (χ0) is 24.8. The molecule has 7 heteroatoms. The lowest BCUT2D eigenvalue weighted by molar-refractivity contribution is -0.172. The third-order valence-electron chi connectivity index (χ3n) is 7.76. The van der Waals surface area contributed by atoms with Gasteiger partial charge in [-0.3, -0.25) is 9.59 Å². The van der Waals surface area contributed by atoms with Gasteiger partial charge in [-0.1, -0.05) is 37.3 Å². The standard InChI is InChI=1S/C27H44O7/c1-19(2)14-15-21-26(3,34-21)25-24(31-5)20(16-17-27(25)18-32-27)33-23(29)13-11-9-7-6-8-10-12-22(28)30-4/h14,20-21,24-25H,6-13,15-18H2,1-5H3/t20-,21-,24-,25-,26+,27?/m1/s1. The predicted molar refractivity (Wildman–Crippen MR) is 128 cm³/mol. The monoisotopic (exact) mass is 480 g/mol. The molecule has 0 amide bonds. The van der Waals surface area contributed by atoms with Gasteiger partial charge >= 0.3 is 11.9 Å². The van der Waals surface area contributed by atoms with Crippen LogP contribution in [0.25, 0.3) is 0 Å². The summed E-state index contributed by atoms with van der Waals surface area (Å²) in [6.45, 7) is 7.09. The Kier molecular flexibility index (Phi) is 9.58. The molecule has 194 valence electrons. The largest absolute Gasteiger partial charge is 0.469 e. The molecule has 0 aromatic heterocycles. The Balaban J connectivity index is 1.43. The molecule has 3 rings (SSSR count). The van der Waals surface area contributed by atoms with Crippen LogP contribution in [0.4, 0.5) is 0 Å². The molecule has 2 saturated heterocycles. The Hall–Kier alpha value is -1.44. The number of hydrogen-bond acceptors (Lipinski definition) is 7. The molecule has 1 aliphatic carbocycles. The van der Waals surface area contributed by atoms with Crippen LogP contribution in [-0.4, -0.2) is 62.3 Å². The molecule has 0 aromatic carbocycles. The molecule has 6 atom stereocenters. The first-order valence-electron chi connectivity index (χ1n) is 13.0. The van der Waals surface area contributed by atoms with Gasteiger partial charge in [0, 0.05) is 20.0 Å². The van der Waals surface area contributed by atoms with Gasteiger partial charge in [0.05, 0.1) is 25.7 Å². The fraction of sp³-hybridized carbons (Fsp3) is 0.852. The van der Waals surface area contributed by atoms with E-state index in [-0.39, 0.29) is 47.4 Å². The number of rotatable bonds is 14. The maximum absolute atomic E-state index is 12.6. The third kappa shape index (κ3) is 6.82. The van der Waals surface area contributed by atoms with Crippen molar-refractivity contribution in [3.8, 4) is 0 Å². The van der Waals surface area contributed by atoms with Gasteiger partial charge in [-0.2, -0.15) is 0 Å². The number of ether oxygens (including phenoxy) is 5. The molecule has 2 aliphatic heterocycles. The second kappa shape index (κ2) is 12.0. The first kappa shape index (κ1) is 27.2. The minimum atomic E-state index is -0.317. The highest BCUT2D eigenvalue weighted by atomic mass is 16.6. The van der Waals surface area contributed by atoms with E-state index in [2.05, 4.69) is 31.6 Å². The van der Waals surface area contributed by atoms with Crippen molar-refractivity contribution in [2.75, 3.05) is 20.8 Å². The SMILES string of the molecule is COC(=O)CCCCCCCCC(=O)O[C@@H]1CCC2(CO2)[C@@H]([C@@]2(C)O[C@@H]2CC=C(C)C)[C@@H]1OC. The Morgan fingerprint density at radius 2 is 1.62 bits per heavy atom. The molecular weight excluding hydrogens is 436 g/mol. The van der Waals surface area contributed by atoms with E-state index in [0.29, 0.717) is 12.8 Å². The Morgan fingerprint density at radius 1 is 1.00 bits per heavy atom. The van der Waals surface area contributed by atoms with Gasteiger partial charge in [-0.05, 0) is 52.9 Å². The van der Waals surface area contributed by atoms with Crippen molar-refractivity contribution < 1.29 is 33.3 Å². The number of esters is 2. The van der Waals surface area contributed by atoms with E-state index in [1.807, 2.05) is 0 Å².